The van der Waals surface area contributed by atoms with Gasteiger partial charge in [0.2, 0.25) is 11.9 Å². The number of rotatable bonds is 11. The number of anilines is 5. The minimum Gasteiger partial charge on any atom is -0.496 e. The summed E-state index contributed by atoms with van der Waals surface area (Å²) < 4.78 is 152. The van der Waals surface area contributed by atoms with E-state index < -0.39 is 46.8 Å². The van der Waals surface area contributed by atoms with Crippen molar-refractivity contribution in [1.29, 1.82) is 0 Å². The number of hydrogen-bond acceptors (Lipinski definition) is 18. The van der Waals surface area contributed by atoms with Crippen molar-refractivity contribution in [2.24, 2.45) is 0 Å². The highest BCUT2D eigenvalue weighted by molar-refractivity contribution is 5.97. The van der Waals surface area contributed by atoms with Crippen molar-refractivity contribution in [1.82, 2.24) is 35.1 Å². The fraction of sp³-hybridized carbons (Fsp3) is 0.430. The molecule has 3 saturated heterocycles. The highest BCUT2D eigenvalue weighted by Crippen LogP contribution is 2.49. The highest BCUT2D eigenvalue weighted by Gasteiger charge is 2.40. The number of nitrogens with zero attached hydrogens (tertiary/aromatic N) is 6. The van der Waals surface area contributed by atoms with Gasteiger partial charge in [-0.25, -0.2) is 34.3 Å². The SMILES string of the molecule is COc1cc(C(F)(F)F)ccc1-c1cccc2cnc(Nc3ccc(C4CCN(C(=O)OC(C)(C)C)CC4)c4c3O[C@H](C)C4)nc12.COc1cc(C(F)(F)F)ccc1-c1cccc2cnc(Nc3ccc(C4CCNCC4)c4c3O[C@H](C)C4)nc12.C[C@@H]1Cc2c(C3CCN(C(=O)OC(C)(C)C)CC3)ccc(N)c2O1.O=C(O)C(F)(F)F. The van der Waals surface area contributed by atoms with Crippen LogP contribution in [0.4, 0.5) is 78.1 Å². The van der Waals surface area contributed by atoms with Gasteiger partial charge in [0.15, 0.2) is 0 Å². The second-order valence-corrected chi connectivity index (χ2v) is 31.7. The van der Waals surface area contributed by atoms with E-state index in [-0.39, 0.29) is 47.9 Å². The van der Waals surface area contributed by atoms with Crippen molar-refractivity contribution in [2.75, 3.05) is 69.9 Å². The average Bonchev–Trinajstić information content (AvgIpc) is 1.34. The molecule has 21 nitrogen and oxygen atoms in total. The molecule has 0 spiro atoms. The van der Waals surface area contributed by atoms with E-state index in [1.165, 1.54) is 54.2 Å². The van der Waals surface area contributed by atoms with Gasteiger partial charge in [-0.2, -0.15) is 39.5 Å². The first-order chi connectivity index (χ1) is 54.8. The van der Waals surface area contributed by atoms with Crippen LogP contribution >= 0.6 is 0 Å². The van der Waals surface area contributed by atoms with Crippen molar-refractivity contribution in [3.05, 3.63) is 166 Å². The average molecular weight is 1620 g/mol. The zero-order chi connectivity index (χ0) is 83.5. The molecule has 30 heteroatoms. The van der Waals surface area contributed by atoms with Gasteiger partial charge in [-0.1, -0.05) is 54.6 Å². The molecule has 0 bridgehead atoms. The first-order valence-corrected chi connectivity index (χ1v) is 38.6. The van der Waals surface area contributed by atoms with Crippen LogP contribution in [-0.2, 0) is 45.9 Å². The molecule has 6 N–H and O–H groups in total. The van der Waals surface area contributed by atoms with E-state index >= 15 is 0 Å². The van der Waals surface area contributed by atoms with E-state index in [4.69, 9.17) is 58.8 Å². The molecule has 8 heterocycles. The Balaban J connectivity index is 0.000000160. The van der Waals surface area contributed by atoms with Crippen LogP contribution in [-0.4, -0.2) is 142 Å². The fourth-order valence-corrected chi connectivity index (χ4v) is 15.5. The molecule has 0 aliphatic carbocycles. The molecule has 3 atom stereocenters. The van der Waals surface area contributed by atoms with Crippen LogP contribution in [0.1, 0.15) is 163 Å². The third kappa shape index (κ3) is 19.9. The summed E-state index contributed by atoms with van der Waals surface area (Å²) in [5, 5.41) is 18.7. The number of nitrogen functional groups attached to an aromatic ring is 1. The fourth-order valence-electron chi connectivity index (χ4n) is 15.5. The topological polar surface area (TPSA) is 256 Å². The number of nitrogens with one attached hydrogen (secondary N) is 3. The Hall–Kier alpha value is -11.0. The van der Waals surface area contributed by atoms with Crippen LogP contribution in [0.5, 0.6) is 28.7 Å². The molecule has 2 amide bonds. The number of alkyl halides is 9. The Kier molecular flexibility index (Phi) is 25.0. The minimum absolute atomic E-state index is 0.00480. The first-order valence-electron chi connectivity index (χ1n) is 38.6. The third-order valence-corrected chi connectivity index (χ3v) is 20.9. The number of piperidine rings is 3. The number of para-hydroxylation sites is 2. The normalized spacial score (nSPS) is 17.8. The molecule has 2 aromatic heterocycles. The maximum atomic E-state index is 13.4. The van der Waals surface area contributed by atoms with E-state index in [9.17, 15) is 49.1 Å². The van der Waals surface area contributed by atoms with Gasteiger partial charge in [-0.3, -0.25) is 0 Å². The molecule has 618 valence electrons. The number of fused-ring (bicyclic) bond motifs is 5. The Morgan fingerprint density at radius 1 is 0.500 bits per heavy atom. The van der Waals surface area contributed by atoms with Crippen LogP contribution < -0.4 is 45.4 Å². The second-order valence-electron chi connectivity index (χ2n) is 31.7. The Morgan fingerprint density at radius 3 is 1.22 bits per heavy atom. The van der Waals surface area contributed by atoms with Crippen LogP contribution in [0.15, 0.2) is 122 Å². The van der Waals surface area contributed by atoms with Gasteiger partial charge in [0.1, 0.15) is 58.3 Å². The number of amides is 2. The number of hydrogen-bond donors (Lipinski definition) is 5. The molecule has 0 radical (unpaired) electrons. The Morgan fingerprint density at radius 2 is 0.862 bits per heavy atom. The van der Waals surface area contributed by atoms with Crippen molar-refractivity contribution >= 4 is 68.9 Å². The minimum atomic E-state index is -5.08. The Bertz CT molecular complexity index is 5090. The van der Waals surface area contributed by atoms with Crippen LogP contribution in [0.25, 0.3) is 44.1 Å². The molecule has 0 saturated carbocycles. The maximum absolute atomic E-state index is 13.4. The summed E-state index contributed by atoms with van der Waals surface area (Å²) in [6.45, 7) is 22.3. The smallest absolute Gasteiger partial charge is 0.490 e. The number of likely N-dealkylation sites (tertiary alicyclic amines) is 2. The highest BCUT2D eigenvalue weighted by atomic mass is 19.4. The molecule has 15 rings (SSSR count). The number of carbonyl (C=O) groups is 3. The van der Waals surface area contributed by atoms with E-state index in [0.29, 0.717) is 70.1 Å². The lowest BCUT2D eigenvalue weighted by atomic mass is 9.85. The third-order valence-electron chi connectivity index (χ3n) is 20.9. The summed E-state index contributed by atoms with van der Waals surface area (Å²) in [6.07, 6.45) is -2.55. The quantitative estimate of drug-likeness (QED) is 0.0596. The first kappa shape index (κ1) is 84.4. The van der Waals surface area contributed by atoms with Gasteiger partial charge in [0.25, 0.3) is 0 Å². The number of carboxylic acids is 1. The summed E-state index contributed by atoms with van der Waals surface area (Å²) in [5.74, 6) is 1.90. The Labute approximate surface area is 666 Å². The van der Waals surface area contributed by atoms with Gasteiger partial charge < -0.3 is 69.7 Å². The number of ether oxygens (including phenoxy) is 7. The van der Waals surface area contributed by atoms with Crippen molar-refractivity contribution in [3.63, 3.8) is 0 Å². The number of halogens is 9. The largest absolute Gasteiger partial charge is 0.496 e. The van der Waals surface area contributed by atoms with E-state index in [1.807, 2.05) is 102 Å². The van der Waals surface area contributed by atoms with Crippen LogP contribution in [0.3, 0.4) is 0 Å². The zero-order valence-electron chi connectivity index (χ0n) is 66.3. The van der Waals surface area contributed by atoms with Crippen LogP contribution in [0.2, 0.25) is 0 Å². The standard InChI is InChI=1S/C35H37F3N4O4.C30H29F3N4O2.C19H28N2O3.C2HF3O2/c1-20-17-27-24(21-13-15-42(16-14-21)33(43)46-34(2,3)4)11-12-28(31(27)45-20)40-32-39-19-22-7-6-8-26(30(22)41-32)25-10-9-23(35(36,37)38)18-29(25)44-5;1-17-14-24-21(18-10-12-34-13-11-18)8-9-25(28(24)39-17)36-29-35-16-19-4-3-5-23(27(19)37-29)22-7-6-20(30(31,32)33)15-26(22)38-2;1-12-11-15-14(5-6-16(20)17(15)23-12)13-7-9-21(10-8-13)18(22)24-19(2,3)4;3-2(4,5)1(6)7/h6-12,18-21H,13-17H2,1-5H3,(H,39,40,41);3-9,15-18,34H,10-14H2,1-2H3,(H,35,36,37);5-6,12-13H,7-11,20H2,1-4H3;(H,6,7)/t20-;17-;12-;/m111./s1. The zero-order valence-corrected chi connectivity index (χ0v) is 66.3. The lowest BCUT2D eigenvalue weighted by Crippen LogP contribution is -2.41. The summed E-state index contributed by atoms with van der Waals surface area (Å²) >= 11 is 0. The summed E-state index contributed by atoms with van der Waals surface area (Å²) in [4.78, 5) is 55.9. The van der Waals surface area contributed by atoms with E-state index in [2.05, 4.69) is 58.0 Å². The van der Waals surface area contributed by atoms with Gasteiger partial charge in [0.05, 0.1) is 53.4 Å². The number of aromatic nitrogens is 4. The molecular weight excluding hydrogens is 1520 g/mol. The number of benzene rings is 7. The molecule has 6 aliphatic rings. The van der Waals surface area contributed by atoms with Gasteiger partial charge in [-0.05, 0) is 203 Å². The summed E-state index contributed by atoms with van der Waals surface area (Å²) in [6, 6.07) is 30.3. The number of methoxy groups -OCH3 is 2. The van der Waals surface area contributed by atoms with Crippen molar-refractivity contribution in [2.45, 2.75) is 186 Å². The second kappa shape index (κ2) is 34.4. The van der Waals surface area contributed by atoms with Crippen LogP contribution in [0, 0.1) is 0 Å². The molecule has 3 fully saturated rings. The predicted molar refractivity (Wildman–Crippen MR) is 423 cm³/mol. The molecule has 9 aromatic rings. The van der Waals surface area contributed by atoms with Crippen molar-refractivity contribution in [3.8, 4) is 51.0 Å². The molecule has 0 unspecified atom stereocenters. The monoisotopic (exact) mass is 1610 g/mol. The number of aliphatic carboxylic acids is 1. The summed E-state index contributed by atoms with van der Waals surface area (Å²) in [5.41, 5.74) is 16.8. The van der Waals surface area contributed by atoms with Gasteiger partial charge >= 0.3 is 36.7 Å². The van der Waals surface area contributed by atoms with Gasteiger partial charge in [0, 0.05) is 108 Å². The molecule has 6 aliphatic heterocycles. The van der Waals surface area contributed by atoms with E-state index in [1.54, 1.807) is 23.4 Å². The molecule has 116 heavy (non-hydrogen) atoms. The lowest BCUT2D eigenvalue weighted by Gasteiger charge is -2.34. The summed E-state index contributed by atoms with van der Waals surface area (Å²) in [7, 11) is 2.71. The molecule has 7 aromatic carbocycles. The molecular formula is C86H95F9N10O11. The number of carbonyl (C=O) groups excluding carboxylic acids is 2. The number of nitrogens with two attached hydrogens (primary N) is 1. The van der Waals surface area contributed by atoms with Gasteiger partial charge in [-0.15, -0.1) is 0 Å². The lowest BCUT2D eigenvalue weighted by molar-refractivity contribution is -0.192. The number of carboxylic acid groups (broad SMARTS) is 1. The van der Waals surface area contributed by atoms with Crippen molar-refractivity contribution < 1.29 is 92.2 Å². The maximum Gasteiger partial charge on any atom is 0.490 e. The van der Waals surface area contributed by atoms with E-state index in [0.717, 1.165) is 159 Å². The predicted octanol–water partition coefficient (Wildman–Crippen LogP) is 19.7.